The van der Waals surface area contributed by atoms with E-state index in [0.29, 0.717) is 53.0 Å². The Kier molecular flexibility index (Phi) is 19.3. The lowest BCUT2D eigenvalue weighted by atomic mass is 9.81. The second-order valence-corrected chi connectivity index (χ2v) is 24.2. The number of amides is 3. The molecule has 0 bridgehead atoms. The van der Waals surface area contributed by atoms with E-state index in [4.69, 9.17) is 50.3 Å². The number of benzene rings is 3. The number of nitrogens with one attached hydrogen (secondary N) is 4. The number of anilines is 3. The average Bonchev–Trinajstić information content (AvgIpc) is 1.61. The molecular weight excluding hydrogens is 1210 g/mol. The third kappa shape index (κ3) is 13.7. The van der Waals surface area contributed by atoms with Crippen molar-refractivity contribution in [1.29, 1.82) is 0 Å². The maximum Gasteiger partial charge on any atom is 0.493 e. The summed E-state index contributed by atoms with van der Waals surface area (Å²) in [4.78, 5) is 75.5. The van der Waals surface area contributed by atoms with Crippen molar-refractivity contribution in [1.82, 2.24) is 29.9 Å². The summed E-state index contributed by atoms with van der Waals surface area (Å²) in [6.07, 6.45) is 12.5. The minimum atomic E-state index is -1.53. The van der Waals surface area contributed by atoms with Crippen LogP contribution in [0.15, 0.2) is 151 Å². The number of methoxy groups -OCH3 is 2. The summed E-state index contributed by atoms with van der Waals surface area (Å²) in [5.74, 6) is 4.95. The summed E-state index contributed by atoms with van der Waals surface area (Å²) in [6.45, 7) is 7.91. The number of aryl methyl sites for hydroxylation is 3. The predicted molar refractivity (Wildman–Crippen MR) is 361 cm³/mol. The highest BCUT2D eigenvalue weighted by Crippen LogP contribution is 2.52. The quantitative estimate of drug-likeness (QED) is 0.0436. The normalized spacial score (nSPS) is 15.3. The molecule has 9 heterocycles. The molecule has 0 radical (unpaired) electrons. The molecule has 6 aromatic heterocycles. The number of aromatic amines is 1. The van der Waals surface area contributed by atoms with E-state index >= 15 is 0 Å². The van der Waals surface area contributed by atoms with Crippen LogP contribution in [0.2, 0.25) is 5.15 Å². The van der Waals surface area contributed by atoms with Crippen LogP contribution in [-0.2, 0) is 49.9 Å². The standard InChI is InChI=1S/C24H23N3O3.C23H21N3O3.C18H17ClN2O2.C6H8BNO3.CH4/c1-15-5-8-20(26-21(15)18-4-3-12-25-22(18)29-2)27-23(28)24(10-11-24)17-6-7-19-16(14-17)9-13-30-19;1-14-4-7-19(25-20(14)17-3-2-11-24-21(17)27)26-22(28)23(9-10-23)16-5-6-18-15(13-16)8-12-29-18;1-11-2-5-15(20-16(11)19)21-17(22)18(7-8-18)13-3-4-14-12(10-13)6-9-23-14;1-11-6-5(7(9)10)3-2-4-8-6;/h3-8,12,14H,9-11,13H2,1-2H3,(H,26,27,28);2-7,11,13H,8-10,12H2,1H3,(H,24,27)(H,25,26,28);2-5,10H,6-9H2,1H3,(H,20,21,22);2-4,9-10H,1H3;1H4. The smallest absolute Gasteiger partial charge is 0.493 e. The van der Waals surface area contributed by atoms with Crippen molar-refractivity contribution in [3.8, 4) is 51.5 Å². The number of nitrogens with zero attached hydrogens (tertiary/aromatic N) is 5. The highest BCUT2D eigenvalue weighted by molar-refractivity contribution is 6.59. The van der Waals surface area contributed by atoms with Gasteiger partial charge in [-0.25, -0.2) is 24.9 Å². The van der Waals surface area contributed by atoms with E-state index in [1.807, 2.05) is 93.6 Å². The highest BCUT2D eigenvalue weighted by Gasteiger charge is 2.54. The van der Waals surface area contributed by atoms with Crippen LogP contribution in [0.1, 0.15) is 96.0 Å². The van der Waals surface area contributed by atoms with Crippen LogP contribution >= 0.6 is 11.6 Å². The topological polar surface area (TPSA) is 271 Å². The molecule has 3 saturated carbocycles. The van der Waals surface area contributed by atoms with Crippen molar-refractivity contribution in [3.63, 3.8) is 0 Å². The van der Waals surface area contributed by atoms with Crippen molar-refractivity contribution < 1.29 is 48.1 Å². The van der Waals surface area contributed by atoms with Crippen LogP contribution in [-0.4, -0.2) is 98.8 Å². The molecule has 3 aromatic carbocycles. The molecule has 22 heteroatoms. The Morgan fingerprint density at radius 2 is 0.936 bits per heavy atom. The van der Waals surface area contributed by atoms with Gasteiger partial charge in [0.25, 0.3) is 5.56 Å². The van der Waals surface area contributed by atoms with Crippen molar-refractivity contribution in [2.45, 2.75) is 102 Å². The lowest BCUT2D eigenvalue weighted by molar-refractivity contribution is -0.119. The molecule has 3 aliphatic heterocycles. The van der Waals surface area contributed by atoms with Crippen molar-refractivity contribution in [2.24, 2.45) is 0 Å². The number of carbonyl (C=O) groups excluding carboxylic acids is 3. The van der Waals surface area contributed by atoms with E-state index in [2.05, 4.69) is 59.1 Å². The number of ether oxygens (including phenoxy) is 5. The van der Waals surface area contributed by atoms with Crippen molar-refractivity contribution >= 4 is 59.4 Å². The summed E-state index contributed by atoms with van der Waals surface area (Å²) in [7, 11) is 1.48. The summed E-state index contributed by atoms with van der Waals surface area (Å²) in [5.41, 5.74) is 10.7. The Hall–Kier alpha value is -9.96. The molecule has 0 spiro atoms. The Bertz CT molecular complexity index is 4400. The fraction of sp³-hybridized carbons (Fsp3) is 0.292. The van der Waals surface area contributed by atoms with Crippen LogP contribution < -0.4 is 50.7 Å². The van der Waals surface area contributed by atoms with Crippen LogP contribution in [0.4, 0.5) is 17.5 Å². The molecule has 6 aliphatic rings. The maximum atomic E-state index is 13.2. The number of rotatable bonds is 14. The SMILES string of the molecule is C.COc1ncccc1-c1nc(NC(=O)C2(c3ccc4c(c3)CCO4)CC2)ccc1C.COc1ncccc1B(O)O.Cc1ccc(NC(=O)C2(c3ccc4c(c3)CCO4)CC2)nc1-c1ccc[nH]c1=O.Cc1ccc(NC(=O)C2(c3ccc4c(c3)CCO4)CC2)nc1Cl. The molecule has 15 rings (SSSR count). The van der Waals surface area contributed by atoms with E-state index in [9.17, 15) is 19.2 Å². The number of halogens is 1. The van der Waals surface area contributed by atoms with Gasteiger partial charge < -0.3 is 54.7 Å². The highest BCUT2D eigenvalue weighted by atomic mass is 35.5. The second-order valence-electron chi connectivity index (χ2n) is 23.8. The first kappa shape index (κ1) is 65.5. The van der Waals surface area contributed by atoms with Gasteiger partial charge in [0.2, 0.25) is 29.5 Å². The molecule has 482 valence electrons. The Labute approximate surface area is 550 Å². The van der Waals surface area contributed by atoms with Gasteiger partial charge in [0.15, 0.2) is 0 Å². The number of carbonyl (C=O) groups is 3. The van der Waals surface area contributed by atoms with Crippen molar-refractivity contribution in [3.05, 3.63) is 212 Å². The molecule has 6 N–H and O–H groups in total. The van der Waals surface area contributed by atoms with Gasteiger partial charge in [-0.15, -0.1) is 0 Å². The van der Waals surface area contributed by atoms with Gasteiger partial charge in [-0.3, -0.25) is 19.2 Å². The maximum absolute atomic E-state index is 13.2. The van der Waals surface area contributed by atoms with Gasteiger partial charge in [0.1, 0.15) is 39.9 Å². The Balaban J connectivity index is 0.000000133. The lowest BCUT2D eigenvalue weighted by Crippen LogP contribution is -2.31. The fourth-order valence-electron chi connectivity index (χ4n) is 11.9. The molecule has 0 saturated heterocycles. The zero-order valence-electron chi connectivity index (χ0n) is 52.1. The molecule has 3 fully saturated rings. The molecule has 3 amide bonds. The number of aromatic nitrogens is 6. The first-order valence-electron chi connectivity index (χ1n) is 30.9. The first-order valence-corrected chi connectivity index (χ1v) is 31.2. The number of H-pyrrole nitrogens is 1. The third-order valence-electron chi connectivity index (χ3n) is 17.8. The van der Waals surface area contributed by atoms with E-state index in [-0.39, 0.29) is 42.1 Å². The van der Waals surface area contributed by atoms with Crippen LogP contribution in [0.3, 0.4) is 0 Å². The van der Waals surface area contributed by atoms with E-state index in [1.54, 1.807) is 49.8 Å². The Morgan fingerprint density at radius 3 is 1.34 bits per heavy atom. The molecule has 94 heavy (non-hydrogen) atoms. The number of hydrogen-bond donors (Lipinski definition) is 6. The Morgan fingerprint density at radius 1 is 0.532 bits per heavy atom. The zero-order valence-corrected chi connectivity index (χ0v) is 52.9. The molecule has 9 aromatic rings. The fourth-order valence-corrected chi connectivity index (χ4v) is 12.1. The molecule has 3 aliphatic carbocycles. The summed E-state index contributed by atoms with van der Waals surface area (Å²) < 4.78 is 26.9. The average molecular weight is 1290 g/mol. The van der Waals surface area contributed by atoms with Gasteiger partial charge in [0, 0.05) is 43.3 Å². The third-order valence-corrected chi connectivity index (χ3v) is 18.2. The van der Waals surface area contributed by atoms with E-state index < -0.39 is 23.4 Å². The number of pyridine rings is 6. The second kappa shape index (κ2) is 27.7. The minimum absolute atomic E-state index is 0. The predicted octanol–water partition coefficient (Wildman–Crippen LogP) is 10.5. The van der Waals surface area contributed by atoms with E-state index in [0.717, 1.165) is 126 Å². The number of fused-ring (bicyclic) bond motifs is 3. The van der Waals surface area contributed by atoms with Gasteiger partial charge in [-0.05, 0) is 176 Å². The molecular formula is C72H73BClN9O11. The van der Waals surface area contributed by atoms with Gasteiger partial charge in [-0.2, -0.15) is 0 Å². The van der Waals surface area contributed by atoms with Gasteiger partial charge in [0.05, 0.1) is 72.8 Å². The van der Waals surface area contributed by atoms with Crippen LogP contribution in [0, 0.1) is 20.8 Å². The summed E-state index contributed by atoms with van der Waals surface area (Å²) in [6, 6.07) is 39.8. The minimum Gasteiger partial charge on any atom is -0.493 e. The number of hydrogen-bond acceptors (Lipinski definition) is 16. The zero-order chi connectivity index (χ0) is 65.0. The monoisotopic (exact) mass is 1290 g/mol. The van der Waals surface area contributed by atoms with Gasteiger partial charge >= 0.3 is 7.12 Å². The summed E-state index contributed by atoms with van der Waals surface area (Å²) >= 11 is 6.03. The lowest BCUT2D eigenvalue weighted by Gasteiger charge is -2.17. The van der Waals surface area contributed by atoms with Crippen LogP contribution in [0.25, 0.3) is 22.5 Å². The molecule has 0 unspecified atom stereocenters. The van der Waals surface area contributed by atoms with Crippen LogP contribution in [0.5, 0.6) is 29.0 Å². The summed E-state index contributed by atoms with van der Waals surface area (Å²) in [5, 5.41) is 26.9. The molecule has 20 nitrogen and oxygen atoms in total. The van der Waals surface area contributed by atoms with Gasteiger partial charge in [-0.1, -0.05) is 79.7 Å². The largest absolute Gasteiger partial charge is 0.493 e. The van der Waals surface area contributed by atoms with E-state index in [1.165, 1.54) is 36.1 Å². The first-order chi connectivity index (χ1) is 45.0. The van der Waals surface area contributed by atoms with Crippen molar-refractivity contribution in [2.75, 3.05) is 50.0 Å². The molecule has 0 atom stereocenters.